The van der Waals surface area contributed by atoms with E-state index < -0.39 is 12.1 Å². The van der Waals surface area contributed by atoms with Crippen LogP contribution in [0, 0.1) is 5.41 Å². The smallest absolute Gasteiger partial charge is 0.407 e. The van der Waals surface area contributed by atoms with Crippen LogP contribution >= 0.6 is 11.3 Å². The van der Waals surface area contributed by atoms with Crippen molar-refractivity contribution in [2.75, 3.05) is 52.4 Å². The number of likely N-dealkylation sites (tertiary alicyclic amines) is 2. The fraction of sp³-hybridized carbons (Fsp3) is 0.649. The van der Waals surface area contributed by atoms with E-state index in [2.05, 4.69) is 50.8 Å². The molecule has 4 heterocycles. The van der Waals surface area contributed by atoms with Gasteiger partial charge in [0.2, 0.25) is 11.8 Å². The van der Waals surface area contributed by atoms with Crippen molar-refractivity contribution < 1.29 is 19.5 Å². The van der Waals surface area contributed by atoms with Crippen LogP contribution in [0.2, 0.25) is 0 Å². The van der Waals surface area contributed by atoms with E-state index in [1.54, 1.807) is 16.2 Å². The van der Waals surface area contributed by atoms with Crippen molar-refractivity contribution in [3.05, 3.63) is 58.3 Å². The summed E-state index contributed by atoms with van der Waals surface area (Å²) in [6.07, 6.45) is 9.87. The summed E-state index contributed by atoms with van der Waals surface area (Å²) in [5.41, 5.74) is 1.74. The molecule has 1 spiro atoms. The maximum absolute atomic E-state index is 14.4. The summed E-state index contributed by atoms with van der Waals surface area (Å²) in [7, 11) is 0. The van der Waals surface area contributed by atoms with E-state index in [4.69, 9.17) is 0 Å². The summed E-state index contributed by atoms with van der Waals surface area (Å²) < 4.78 is 0. The quantitative estimate of drug-likeness (QED) is 0.266. The molecule has 6 rings (SSSR count). The zero-order valence-corrected chi connectivity index (χ0v) is 29.2. The maximum atomic E-state index is 14.4. The molecule has 1 saturated carbocycles. The van der Waals surface area contributed by atoms with Gasteiger partial charge in [0.05, 0.1) is 19.1 Å². The second-order valence-electron chi connectivity index (χ2n) is 14.6. The van der Waals surface area contributed by atoms with Gasteiger partial charge in [0.1, 0.15) is 6.04 Å². The molecule has 3 amide bonds. The molecule has 1 aliphatic carbocycles. The summed E-state index contributed by atoms with van der Waals surface area (Å²) in [5.74, 6) is -0.357. The highest BCUT2D eigenvalue weighted by atomic mass is 32.1. The molecule has 3 saturated heterocycles. The van der Waals surface area contributed by atoms with Gasteiger partial charge in [-0.2, -0.15) is 0 Å². The Balaban J connectivity index is 1.08. The molecule has 11 heteroatoms. The van der Waals surface area contributed by atoms with Gasteiger partial charge in [0.15, 0.2) is 0 Å². The Morgan fingerprint density at radius 1 is 0.917 bits per heavy atom. The highest BCUT2D eigenvalue weighted by Gasteiger charge is 2.43. The Bertz CT molecular complexity index is 1330. The Kier molecular flexibility index (Phi) is 12.1. The Hall–Kier alpha value is -2.99. The number of carbonyl (C=O) groups excluding carboxylic acids is 2. The van der Waals surface area contributed by atoms with E-state index in [0.29, 0.717) is 12.0 Å². The molecule has 2 aromatic rings. The zero-order chi connectivity index (χ0) is 33.3. The molecule has 1 unspecified atom stereocenters. The lowest BCUT2D eigenvalue weighted by atomic mass is 9.72. The lowest BCUT2D eigenvalue weighted by molar-refractivity contribution is -0.145. The van der Waals surface area contributed by atoms with Crippen LogP contribution in [0.4, 0.5) is 4.79 Å². The number of carbonyl (C=O) groups is 3. The van der Waals surface area contributed by atoms with Crippen LogP contribution in [0.3, 0.4) is 0 Å². The normalized spacial score (nSPS) is 25.8. The van der Waals surface area contributed by atoms with Gasteiger partial charge in [-0.1, -0.05) is 42.8 Å². The first-order valence-electron chi connectivity index (χ1n) is 18.2. The average molecular weight is 679 g/mol. The van der Waals surface area contributed by atoms with E-state index >= 15 is 0 Å². The number of amides is 3. The Morgan fingerprint density at radius 2 is 1.71 bits per heavy atom. The number of benzene rings is 1. The average Bonchev–Trinajstić information content (AvgIpc) is 3.90. The first-order chi connectivity index (χ1) is 23.4. The van der Waals surface area contributed by atoms with Gasteiger partial charge in [-0.05, 0) is 106 Å². The molecule has 10 nitrogen and oxygen atoms in total. The summed E-state index contributed by atoms with van der Waals surface area (Å²) in [6, 6.07) is 13.7. The minimum Gasteiger partial charge on any atom is -0.465 e. The molecular weight excluding hydrogens is 625 g/mol. The number of nitrogens with one attached hydrogen (secondary N) is 2. The number of unbranched alkanes of at least 4 members (excludes halogenated alkanes) is 1. The minimum absolute atomic E-state index is 0.00947. The molecule has 3 aliphatic heterocycles. The lowest BCUT2D eigenvalue weighted by Crippen LogP contribution is -2.64. The molecule has 0 bridgehead atoms. The molecule has 48 heavy (non-hydrogen) atoms. The summed E-state index contributed by atoms with van der Waals surface area (Å²) in [5, 5.41) is 18.5. The van der Waals surface area contributed by atoms with Crippen LogP contribution in [0.25, 0.3) is 0 Å². The van der Waals surface area contributed by atoms with Crippen molar-refractivity contribution in [1.82, 2.24) is 30.2 Å². The fourth-order valence-electron chi connectivity index (χ4n) is 8.41. The van der Waals surface area contributed by atoms with Gasteiger partial charge in [-0.25, -0.2) is 4.79 Å². The van der Waals surface area contributed by atoms with E-state index in [1.165, 1.54) is 42.8 Å². The topological polar surface area (TPSA) is 108 Å². The van der Waals surface area contributed by atoms with Gasteiger partial charge >= 0.3 is 6.09 Å². The number of rotatable bonds is 13. The number of piperazine rings is 1. The second kappa shape index (κ2) is 16.6. The third-order valence-corrected chi connectivity index (χ3v) is 12.1. The number of nitrogens with zero attached hydrogens (tertiary/aromatic N) is 4. The highest BCUT2D eigenvalue weighted by Crippen LogP contribution is 2.44. The van der Waals surface area contributed by atoms with Gasteiger partial charge in [0.25, 0.3) is 0 Å². The van der Waals surface area contributed by atoms with Crippen LogP contribution in [0.5, 0.6) is 0 Å². The van der Waals surface area contributed by atoms with E-state index in [1.807, 2.05) is 17.5 Å². The van der Waals surface area contributed by atoms with Crippen molar-refractivity contribution in [3.63, 3.8) is 0 Å². The van der Waals surface area contributed by atoms with Crippen molar-refractivity contribution in [2.24, 2.45) is 5.41 Å². The van der Waals surface area contributed by atoms with E-state index in [-0.39, 0.29) is 43.5 Å². The third kappa shape index (κ3) is 9.16. The number of hydrogen-bond donors (Lipinski definition) is 3. The van der Waals surface area contributed by atoms with Crippen LogP contribution < -0.4 is 10.6 Å². The fourth-order valence-corrected chi connectivity index (χ4v) is 9.06. The van der Waals surface area contributed by atoms with Gasteiger partial charge in [-0.3, -0.25) is 14.5 Å². The molecule has 262 valence electrons. The summed E-state index contributed by atoms with van der Waals surface area (Å²) in [6.45, 7) is 7.49. The molecule has 0 radical (unpaired) electrons. The molecule has 2 atom stereocenters. The lowest BCUT2D eigenvalue weighted by Gasteiger charge is -2.42. The zero-order valence-electron chi connectivity index (χ0n) is 28.4. The number of carboxylic acid groups (broad SMARTS) is 1. The molecule has 4 aliphatic rings. The first kappa shape index (κ1) is 34.9. The first-order valence-corrected chi connectivity index (χ1v) is 19.1. The standard InChI is InChI=1S/C37H54N6O4S/c44-34(38-25-31-11-8-24-48-31)33-27-42(36(46)47)22-23-43(33)35(45)32(12-4-5-18-40-19-6-7-20-40)39-30-13-15-37(16-14-30)17-21-41(28-37)26-29-9-2-1-3-10-29/h1-3,8-11,24,30,32-33,39H,4-7,12-23,25-28H2,(H,38,44)(H,46,47)/t30?,32?,33-,37?/m0/s1. The summed E-state index contributed by atoms with van der Waals surface area (Å²) >= 11 is 1.56. The van der Waals surface area contributed by atoms with Crippen LogP contribution in [0.15, 0.2) is 47.8 Å². The van der Waals surface area contributed by atoms with Gasteiger partial charge < -0.3 is 30.4 Å². The Labute approximate surface area is 289 Å². The largest absolute Gasteiger partial charge is 0.465 e. The van der Waals surface area contributed by atoms with Crippen LogP contribution in [-0.4, -0.2) is 113 Å². The van der Waals surface area contributed by atoms with E-state index in [0.717, 1.165) is 76.0 Å². The summed E-state index contributed by atoms with van der Waals surface area (Å²) in [4.78, 5) is 48.9. The van der Waals surface area contributed by atoms with Gasteiger partial charge in [-0.15, -0.1) is 11.3 Å². The van der Waals surface area contributed by atoms with Crippen LogP contribution in [0.1, 0.15) is 74.6 Å². The molecule has 4 fully saturated rings. The predicted molar refractivity (Wildman–Crippen MR) is 189 cm³/mol. The van der Waals surface area contributed by atoms with Crippen molar-refractivity contribution in [2.45, 2.75) is 95.4 Å². The minimum atomic E-state index is -1.06. The van der Waals surface area contributed by atoms with E-state index in [9.17, 15) is 19.5 Å². The molecule has 1 aromatic carbocycles. The second-order valence-corrected chi connectivity index (χ2v) is 15.6. The predicted octanol–water partition coefficient (Wildman–Crippen LogP) is 4.61. The molecule has 3 N–H and O–H groups in total. The molecular formula is C37H54N6O4S. The number of thiophene rings is 1. The maximum Gasteiger partial charge on any atom is 0.407 e. The van der Waals surface area contributed by atoms with Crippen molar-refractivity contribution in [1.29, 1.82) is 0 Å². The monoisotopic (exact) mass is 678 g/mol. The SMILES string of the molecule is O=C(NCc1cccs1)[C@@H]1CN(C(=O)O)CCN1C(=O)C(CCCCN1CCCC1)NC1CCC2(CC1)CCN(Cc1ccccc1)C2. The number of hydrogen-bond acceptors (Lipinski definition) is 7. The van der Waals surface area contributed by atoms with Gasteiger partial charge in [0, 0.05) is 37.1 Å². The van der Waals surface area contributed by atoms with Crippen molar-refractivity contribution in [3.8, 4) is 0 Å². The highest BCUT2D eigenvalue weighted by molar-refractivity contribution is 7.09. The third-order valence-electron chi connectivity index (χ3n) is 11.2. The Morgan fingerprint density at radius 3 is 2.44 bits per heavy atom. The molecule has 1 aromatic heterocycles. The van der Waals surface area contributed by atoms with Crippen LogP contribution in [-0.2, 0) is 22.7 Å². The van der Waals surface area contributed by atoms with Crippen molar-refractivity contribution >= 4 is 29.2 Å².